The molecule has 0 atom stereocenters. The van der Waals surface area contributed by atoms with Gasteiger partial charge in [0.05, 0.1) is 4.91 Å². The van der Waals surface area contributed by atoms with E-state index < -0.39 is 17.1 Å². The van der Waals surface area contributed by atoms with Crippen molar-refractivity contribution >= 4 is 40.6 Å². The molecule has 0 aliphatic carbocycles. The molecule has 168 valence electrons. The maximum atomic E-state index is 13.3. The van der Waals surface area contributed by atoms with Gasteiger partial charge in [0.1, 0.15) is 12.4 Å². The zero-order chi connectivity index (χ0) is 23.7. The third kappa shape index (κ3) is 4.75. The first-order valence-corrected chi connectivity index (χ1v) is 11.1. The summed E-state index contributed by atoms with van der Waals surface area (Å²) in [4.78, 5) is 38.9. The third-order valence-electron chi connectivity index (χ3n) is 5.32. The number of carbonyl (C=O) groups excluding carboxylic acids is 3. The van der Waals surface area contributed by atoms with Crippen LogP contribution >= 0.6 is 11.8 Å². The Morgan fingerprint density at radius 1 is 1.06 bits per heavy atom. The van der Waals surface area contributed by atoms with Crippen molar-refractivity contribution in [2.24, 2.45) is 0 Å². The van der Waals surface area contributed by atoms with E-state index in [9.17, 15) is 18.8 Å². The minimum atomic E-state index is -0.504. The number of thioether (sulfide) groups is 1. The second kappa shape index (κ2) is 9.07. The molecule has 4 rings (SSSR count). The SMILES string of the molecule is Cc1cccc(NC(=O)CN2C(=O)S/C(=C\c3cc(C)n(-c4ccc(F)cc4)c3C)C2=O)c1. The summed E-state index contributed by atoms with van der Waals surface area (Å²) in [5.41, 5.74) is 4.92. The molecule has 1 fully saturated rings. The molecule has 6 nitrogen and oxygen atoms in total. The molecule has 1 N–H and O–H groups in total. The number of nitrogens with one attached hydrogen (secondary N) is 1. The minimum Gasteiger partial charge on any atom is -0.325 e. The lowest BCUT2D eigenvalue weighted by molar-refractivity contribution is -0.127. The van der Waals surface area contributed by atoms with Crippen LogP contribution in [0.1, 0.15) is 22.5 Å². The summed E-state index contributed by atoms with van der Waals surface area (Å²) in [7, 11) is 0. The molecule has 3 amide bonds. The third-order valence-corrected chi connectivity index (χ3v) is 6.23. The number of anilines is 1. The van der Waals surface area contributed by atoms with Crippen LogP contribution in [0.2, 0.25) is 0 Å². The number of aryl methyl sites for hydroxylation is 2. The van der Waals surface area contributed by atoms with Crippen LogP contribution < -0.4 is 5.32 Å². The lowest BCUT2D eigenvalue weighted by atomic mass is 10.2. The lowest BCUT2D eigenvalue weighted by Crippen LogP contribution is -2.36. The summed E-state index contributed by atoms with van der Waals surface area (Å²) in [6.45, 7) is 5.35. The summed E-state index contributed by atoms with van der Waals surface area (Å²) < 4.78 is 15.3. The quantitative estimate of drug-likeness (QED) is 0.527. The maximum Gasteiger partial charge on any atom is 0.294 e. The van der Waals surface area contributed by atoms with Gasteiger partial charge >= 0.3 is 0 Å². The number of benzene rings is 2. The zero-order valence-electron chi connectivity index (χ0n) is 18.4. The van der Waals surface area contributed by atoms with Gasteiger partial charge in [0.25, 0.3) is 11.1 Å². The highest BCUT2D eigenvalue weighted by atomic mass is 32.2. The van der Waals surface area contributed by atoms with Crippen molar-refractivity contribution in [3.63, 3.8) is 0 Å². The molecule has 0 radical (unpaired) electrons. The molecule has 1 aromatic heterocycles. The monoisotopic (exact) mass is 463 g/mol. The summed E-state index contributed by atoms with van der Waals surface area (Å²) in [6, 6.07) is 15.3. The van der Waals surface area contributed by atoms with E-state index >= 15 is 0 Å². The number of carbonyl (C=O) groups is 3. The van der Waals surface area contributed by atoms with Crippen molar-refractivity contribution < 1.29 is 18.8 Å². The first-order chi connectivity index (χ1) is 15.7. The highest BCUT2D eigenvalue weighted by Crippen LogP contribution is 2.33. The van der Waals surface area contributed by atoms with Gasteiger partial charge in [-0.2, -0.15) is 0 Å². The Labute approximate surface area is 195 Å². The van der Waals surface area contributed by atoms with Crippen molar-refractivity contribution in [3.8, 4) is 5.69 Å². The highest BCUT2D eigenvalue weighted by Gasteiger charge is 2.36. The van der Waals surface area contributed by atoms with Gasteiger partial charge in [-0.05, 0) is 92.2 Å². The van der Waals surface area contributed by atoms with Crippen molar-refractivity contribution in [3.05, 3.63) is 87.8 Å². The molecule has 33 heavy (non-hydrogen) atoms. The fraction of sp³-hybridized carbons (Fsp3) is 0.160. The second-order valence-electron chi connectivity index (χ2n) is 7.82. The standard InChI is InChI=1S/C25H22FN3O3S/c1-15-5-4-6-20(11-15)27-23(30)14-28-24(31)22(33-25(28)32)13-18-12-16(2)29(17(18)3)21-9-7-19(26)8-10-21/h4-13H,14H2,1-3H3,(H,27,30)/b22-13-. The van der Waals surface area contributed by atoms with E-state index in [-0.39, 0.29) is 17.3 Å². The van der Waals surface area contributed by atoms with Gasteiger partial charge in [-0.25, -0.2) is 4.39 Å². The first kappa shape index (κ1) is 22.5. The lowest BCUT2D eigenvalue weighted by Gasteiger charge is -2.12. The van der Waals surface area contributed by atoms with Gasteiger partial charge in [-0.15, -0.1) is 0 Å². The fourth-order valence-corrected chi connectivity index (χ4v) is 4.59. The number of hydrogen-bond donors (Lipinski definition) is 1. The Hall–Kier alpha value is -3.65. The zero-order valence-corrected chi connectivity index (χ0v) is 19.2. The van der Waals surface area contributed by atoms with Crippen molar-refractivity contribution in [1.82, 2.24) is 9.47 Å². The molecule has 0 spiro atoms. The van der Waals surface area contributed by atoms with Gasteiger partial charge in [0.2, 0.25) is 5.91 Å². The van der Waals surface area contributed by atoms with E-state index in [1.165, 1.54) is 12.1 Å². The van der Waals surface area contributed by atoms with Gasteiger partial charge < -0.3 is 9.88 Å². The highest BCUT2D eigenvalue weighted by molar-refractivity contribution is 8.18. The number of rotatable bonds is 5. The summed E-state index contributed by atoms with van der Waals surface area (Å²) in [5.74, 6) is -1.27. The van der Waals surface area contributed by atoms with Gasteiger partial charge in [0, 0.05) is 22.8 Å². The maximum absolute atomic E-state index is 13.3. The number of nitrogens with zero attached hydrogens (tertiary/aromatic N) is 2. The van der Waals surface area contributed by atoms with E-state index in [4.69, 9.17) is 0 Å². The molecular weight excluding hydrogens is 441 g/mol. The summed E-state index contributed by atoms with van der Waals surface area (Å²) >= 11 is 0.809. The Kier molecular flexibility index (Phi) is 6.20. The molecule has 8 heteroatoms. The molecular formula is C25H22FN3O3S. The van der Waals surface area contributed by atoms with Crippen LogP contribution in [0.3, 0.4) is 0 Å². The topological polar surface area (TPSA) is 71.4 Å². The Balaban J connectivity index is 1.53. The van der Waals surface area contributed by atoms with E-state index in [1.54, 1.807) is 24.3 Å². The largest absolute Gasteiger partial charge is 0.325 e. The Morgan fingerprint density at radius 2 is 1.79 bits per heavy atom. The second-order valence-corrected chi connectivity index (χ2v) is 8.82. The molecule has 0 unspecified atom stereocenters. The number of imide groups is 1. The van der Waals surface area contributed by atoms with Gasteiger partial charge in [-0.3, -0.25) is 19.3 Å². The smallest absolute Gasteiger partial charge is 0.294 e. The van der Waals surface area contributed by atoms with Crippen molar-refractivity contribution in [2.45, 2.75) is 20.8 Å². The van der Waals surface area contributed by atoms with E-state index in [0.29, 0.717) is 5.69 Å². The number of aromatic nitrogens is 1. The molecule has 1 saturated heterocycles. The molecule has 2 heterocycles. The number of halogens is 1. The van der Waals surface area contributed by atoms with E-state index in [1.807, 2.05) is 49.6 Å². The number of amides is 3. The van der Waals surface area contributed by atoms with Crippen molar-refractivity contribution in [2.75, 3.05) is 11.9 Å². The first-order valence-electron chi connectivity index (χ1n) is 10.3. The van der Waals surface area contributed by atoms with Crippen molar-refractivity contribution in [1.29, 1.82) is 0 Å². The van der Waals surface area contributed by atoms with Crippen LogP contribution in [0.4, 0.5) is 14.9 Å². The predicted molar refractivity (Wildman–Crippen MR) is 128 cm³/mol. The van der Waals surface area contributed by atoms with Crippen LogP contribution in [0.25, 0.3) is 11.8 Å². The van der Waals surface area contributed by atoms with Crippen LogP contribution in [-0.4, -0.2) is 33.1 Å². The molecule has 1 aliphatic heterocycles. The molecule has 0 bridgehead atoms. The molecule has 3 aromatic rings. The fourth-order valence-electron chi connectivity index (χ4n) is 3.77. The van der Waals surface area contributed by atoms with Crippen LogP contribution in [0, 0.1) is 26.6 Å². The van der Waals surface area contributed by atoms with E-state index in [2.05, 4.69) is 5.32 Å². The molecule has 0 saturated carbocycles. The van der Waals surface area contributed by atoms with Crippen LogP contribution in [-0.2, 0) is 9.59 Å². The molecule has 1 aliphatic rings. The summed E-state index contributed by atoms with van der Waals surface area (Å²) in [5, 5.41) is 2.23. The summed E-state index contributed by atoms with van der Waals surface area (Å²) in [6.07, 6.45) is 1.66. The Bertz CT molecular complexity index is 1290. The van der Waals surface area contributed by atoms with E-state index in [0.717, 1.165) is 44.9 Å². The van der Waals surface area contributed by atoms with Crippen LogP contribution in [0.5, 0.6) is 0 Å². The average Bonchev–Trinajstić information content (AvgIpc) is 3.18. The average molecular weight is 464 g/mol. The predicted octanol–water partition coefficient (Wildman–Crippen LogP) is 5.22. The number of hydrogen-bond acceptors (Lipinski definition) is 4. The molecule has 2 aromatic carbocycles. The minimum absolute atomic E-state index is 0.253. The van der Waals surface area contributed by atoms with Gasteiger partial charge in [-0.1, -0.05) is 12.1 Å². The normalized spacial score (nSPS) is 14.9. The Morgan fingerprint density at radius 3 is 2.48 bits per heavy atom. The van der Waals surface area contributed by atoms with Crippen LogP contribution in [0.15, 0.2) is 59.5 Å². The van der Waals surface area contributed by atoms with Gasteiger partial charge in [0.15, 0.2) is 0 Å².